The second-order valence-electron chi connectivity index (χ2n) is 13.1. The predicted octanol–water partition coefficient (Wildman–Crippen LogP) is 6.03. The number of carboxylic acid groups (broad SMARTS) is 1. The molecule has 3 heterocycles. The van der Waals surface area contributed by atoms with E-state index >= 15 is 0 Å². The van der Waals surface area contributed by atoms with Crippen LogP contribution < -0.4 is 9.62 Å². The Morgan fingerprint density at radius 3 is 2.00 bits per heavy atom. The van der Waals surface area contributed by atoms with E-state index in [1.165, 1.54) is 40.8 Å². The summed E-state index contributed by atoms with van der Waals surface area (Å²) < 4.78 is 94.9. The molecule has 51 heavy (non-hydrogen) atoms. The van der Waals surface area contributed by atoms with Crippen LogP contribution >= 0.6 is 15.9 Å². The molecule has 278 valence electrons. The number of pyridine rings is 1. The highest BCUT2D eigenvalue weighted by Crippen LogP contribution is 2.34. The van der Waals surface area contributed by atoms with Gasteiger partial charge < -0.3 is 15.1 Å². The summed E-state index contributed by atoms with van der Waals surface area (Å²) in [5.74, 6) is 0.162. The molecule has 3 N–H and O–H groups in total. The maximum absolute atomic E-state index is 13.1. The van der Waals surface area contributed by atoms with E-state index < -0.39 is 43.8 Å². The highest BCUT2D eigenvalue weighted by molar-refractivity contribution is 9.10. The topological polar surface area (TPSA) is 157 Å². The summed E-state index contributed by atoms with van der Waals surface area (Å²) in [5.41, 5.74) is -0.347. The Morgan fingerprint density at radius 2 is 1.47 bits per heavy atom. The molecule has 0 radical (unpaired) electrons. The van der Waals surface area contributed by atoms with Gasteiger partial charge in [-0.2, -0.15) is 22.2 Å². The number of carbonyl (C=O) groups is 1. The minimum Gasteiger partial charge on any atom is -0.508 e. The lowest BCUT2D eigenvalue weighted by Gasteiger charge is -2.34. The second kappa shape index (κ2) is 16.2. The monoisotopic (exact) mass is 816 g/mol. The maximum Gasteiger partial charge on any atom is 0.416 e. The number of phenols is 1. The summed E-state index contributed by atoms with van der Waals surface area (Å²) in [6, 6.07) is 9.45. The van der Waals surface area contributed by atoms with Crippen molar-refractivity contribution in [1.82, 2.24) is 14.0 Å². The van der Waals surface area contributed by atoms with E-state index in [4.69, 9.17) is 0 Å². The number of aromatic nitrogens is 1. The molecule has 1 aromatic heterocycles. The van der Waals surface area contributed by atoms with Crippen LogP contribution in [0.1, 0.15) is 56.1 Å². The zero-order valence-electron chi connectivity index (χ0n) is 27.6. The van der Waals surface area contributed by atoms with Gasteiger partial charge in [-0.3, -0.25) is 4.79 Å². The summed E-state index contributed by atoms with van der Waals surface area (Å²) in [6.45, 7) is 2.14. The molecule has 2 fully saturated rings. The SMILES string of the molecule is O=C(O)C(Cc1ccc(O)cc1)NS(=O)(=O)c1cnc(N2CCC(CCCC3CCN(S(=O)(=O)c4ccc(C(F)(F)F)cc4)CC3)CC2)c(Br)c1. The number of benzene rings is 2. The number of anilines is 1. The number of rotatable bonds is 13. The Balaban J connectivity index is 1.06. The molecule has 0 amide bonds. The smallest absolute Gasteiger partial charge is 0.416 e. The van der Waals surface area contributed by atoms with Gasteiger partial charge in [0.25, 0.3) is 0 Å². The van der Waals surface area contributed by atoms with Crippen molar-refractivity contribution in [3.8, 4) is 5.75 Å². The van der Waals surface area contributed by atoms with Crippen LogP contribution in [0.4, 0.5) is 19.0 Å². The molecule has 0 aliphatic carbocycles. The number of phenolic OH excluding ortho intramolecular Hbond substituents is 1. The van der Waals surface area contributed by atoms with Gasteiger partial charge in [0.1, 0.15) is 22.5 Å². The first-order valence-corrected chi connectivity index (χ1v) is 20.4. The molecule has 2 aliphatic rings. The average Bonchev–Trinajstić information content (AvgIpc) is 3.09. The normalized spacial score (nSPS) is 17.8. The third kappa shape index (κ3) is 10.0. The van der Waals surface area contributed by atoms with Crippen molar-refractivity contribution in [3.63, 3.8) is 0 Å². The van der Waals surface area contributed by atoms with Gasteiger partial charge in [-0.15, -0.1) is 0 Å². The number of carboxylic acids is 1. The first kappa shape index (κ1) is 39.0. The number of hydrogen-bond acceptors (Lipinski definition) is 8. The molecule has 17 heteroatoms. The van der Waals surface area contributed by atoms with E-state index in [1.54, 1.807) is 0 Å². The summed E-state index contributed by atoms with van der Waals surface area (Å²) in [7, 11) is -8.07. The molecule has 2 aromatic carbocycles. The summed E-state index contributed by atoms with van der Waals surface area (Å²) >= 11 is 3.45. The molecule has 1 unspecified atom stereocenters. The molecule has 3 aromatic rings. The van der Waals surface area contributed by atoms with E-state index in [9.17, 15) is 45.0 Å². The number of hydrogen-bond donors (Lipinski definition) is 3. The van der Waals surface area contributed by atoms with E-state index in [0.717, 1.165) is 69.5 Å². The minimum absolute atomic E-state index is 0.0127. The number of piperidine rings is 2. The summed E-state index contributed by atoms with van der Waals surface area (Å²) in [5, 5.41) is 19.1. The fourth-order valence-electron chi connectivity index (χ4n) is 6.63. The van der Waals surface area contributed by atoms with Crippen molar-refractivity contribution < 1.29 is 45.0 Å². The van der Waals surface area contributed by atoms with Gasteiger partial charge in [-0.25, -0.2) is 21.8 Å². The van der Waals surface area contributed by atoms with Crippen LogP contribution in [-0.4, -0.2) is 74.5 Å². The Bertz CT molecular complexity index is 1880. The van der Waals surface area contributed by atoms with E-state index in [-0.39, 0.29) is 22.0 Å². The molecule has 2 saturated heterocycles. The zero-order chi connectivity index (χ0) is 37.0. The Hall–Kier alpha value is -3.25. The Morgan fingerprint density at radius 1 is 0.902 bits per heavy atom. The van der Waals surface area contributed by atoms with Crippen LogP contribution in [0.25, 0.3) is 0 Å². The fourth-order valence-corrected chi connectivity index (χ4v) is 10.0. The van der Waals surface area contributed by atoms with Crippen LogP contribution in [-0.2, 0) is 37.4 Å². The number of aromatic hydroxyl groups is 1. The van der Waals surface area contributed by atoms with Crippen molar-refractivity contribution in [3.05, 3.63) is 76.4 Å². The van der Waals surface area contributed by atoms with E-state index in [1.807, 2.05) is 0 Å². The van der Waals surface area contributed by atoms with Gasteiger partial charge in [0.2, 0.25) is 20.0 Å². The van der Waals surface area contributed by atoms with Crippen molar-refractivity contribution in [2.24, 2.45) is 11.8 Å². The van der Waals surface area contributed by atoms with Gasteiger partial charge in [0, 0.05) is 32.4 Å². The third-order valence-corrected chi connectivity index (χ3v) is 13.5. The van der Waals surface area contributed by atoms with Crippen LogP contribution in [0.5, 0.6) is 5.75 Å². The largest absolute Gasteiger partial charge is 0.508 e. The van der Waals surface area contributed by atoms with Gasteiger partial charge in [-0.05, 0) is 108 Å². The van der Waals surface area contributed by atoms with Gasteiger partial charge in [-0.1, -0.05) is 31.4 Å². The average molecular weight is 818 g/mol. The first-order chi connectivity index (χ1) is 24.0. The third-order valence-electron chi connectivity index (χ3n) is 9.61. The van der Waals surface area contributed by atoms with E-state index in [2.05, 4.69) is 30.5 Å². The fraction of sp³-hybridized carbons (Fsp3) is 0.471. The number of aliphatic carboxylic acids is 1. The summed E-state index contributed by atoms with van der Waals surface area (Å²) in [4.78, 5) is 18.0. The highest BCUT2D eigenvalue weighted by Gasteiger charge is 2.33. The van der Waals surface area contributed by atoms with Crippen molar-refractivity contribution in [2.75, 3.05) is 31.1 Å². The lowest BCUT2D eigenvalue weighted by atomic mass is 9.87. The predicted molar refractivity (Wildman–Crippen MR) is 187 cm³/mol. The number of halogens is 4. The number of nitrogens with zero attached hydrogens (tertiary/aromatic N) is 3. The molecule has 0 bridgehead atoms. The number of alkyl halides is 3. The maximum atomic E-state index is 13.1. The second-order valence-corrected chi connectivity index (χ2v) is 17.6. The quantitative estimate of drug-likeness (QED) is 0.188. The number of nitrogens with one attached hydrogen (secondary N) is 1. The van der Waals surface area contributed by atoms with Crippen molar-refractivity contribution in [2.45, 2.75) is 73.4 Å². The highest BCUT2D eigenvalue weighted by atomic mass is 79.9. The first-order valence-electron chi connectivity index (χ1n) is 16.6. The van der Waals surface area contributed by atoms with Crippen molar-refractivity contribution in [1.29, 1.82) is 0 Å². The molecule has 2 aliphatic heterocycles. The van der Waals surface area contributed by atoms with Crippen LogP contribution in [0.15, 0.2) is 75.1 Å². The molecule has 5 rings (SSSR count). The zero-order valence-corrected chi connectivity index (χ0v) is 30.8. The van der Waals surface area contributed by atoms with E-state index in [0.29, 0.717) is 53.6 Å². The molecule has 0 saturated carbocycles. The van der Waals surface area contributed by atoms with Crippen LogP contribution in [0, 0.1) is 11.8 Å². The summed E-state index contributed by atoms with van der Waals surface area (Å²) in [6.07, 6.45) is 2.85. The Labute approximate surface area is 304 Å². The lowest BCUT2D eigenvalue weighted by Crippen LogP contribution is -2.42. The van der Waals surface area contributed by atoms with Crippen LogP contribution in [0.3, 0.4) is 0 Å². The molecule has 0 spiro atoms. The van der Waals surface area contributed by atoms with Crippen LogP contribution in [0.2, 0.25) is 0 Å². The Kier molecular flexibility index (Phi) is 12.4. The van der Waals surface area contributed by atoms with Gasteiger partial charge in [0.15, 0.2) is 0 Å². The molecular formula is C34H40BrF3N4O7S2. The van der Waals surface area contributed by atoms with Gasteiger partial charge >= 0.3 is 12.1 Å². The molecule has 1 atom stereocenters. The molecular weight excluding hydrogens is 777 g/mol. The van der Waals surface area contributed by atoms with Crippen molar-refractivity contribution >= 4 is 47.8 Å². The molecule has 11 nitrogen and oxygen atoms in total. The minimum atomic E-state index is -4.53. The number of sulfonamides is 2. The standard InChI is InChI=1S/C34H40BrF3N4O7S2/c35-30-21-29(50(46,47)40-31(33(44)45)20-25-4-8-27(43)9-5-25)22-39-32(30)41-16-12-23(13-17-41)2-1-3-24-14-18-42(19-15-24)51(48,49)28-10-6-26(7-11-28)34(36,37)38/h4-11,21-24,31,40,43H,1-3,12-20H2,(H,44,45). The van der Waals surface area contributed by atoms with Gasteiger partial charge in [0.05, 0.1) is 14.9 Å². The lowest BCUT2D eigenvalue weighted by molar-refractivity contribution is -0.139.